The maximum Gasteiger partial charge on any atom is 0.310 e. The Morgan fingerprint density at radius 1 is 1.38 bits per heavy atom. The van der Waals surface area contributed by atoms with Crippen LogP contribution >= 0.6 is 35.0 Å². The smallest absolute Gasteiger partial charge is 0.310 e. The molecular formula is C16H15Cl2N3O2S. The molecule has 0 spiro atoms. The van der Waals surface area contributed by atoms with Crippen LogP contribution in [0, 0.1) is 0 Å². The molecule has 0 unspecified atom stereocenters. The van der Waals surface area contributed by atoms with Crippen molar-refractivity contribution in [2.75, 3.05) is 18.2 Å². The minimum atomic E-state index is -0.328. The van der Waals surface area contributed by atoms with Gasteiger partial charge >= 0.3 is 5.97 Å². The van der Waals surface area contributed by atoms with Crippen LogP contribution in [-0.2, 0) is 22.4 Å². The van der Waals surface area contributed by atoms with Crippen LogP contribution < -0.4 is 5.32 Å². The molecule has 24 heavy (non-hydrogen) atoms. The van der Waals surface area contributed by atoms with Gasteiger partial charge in [0, 0.05) is 10.7 Å². The van der Waals surface area contributed by atoms with E-state index >= 15 is 0 Å². The molecule has 0 bridgehead atoms. The molecule has 2 heterocycles. The first kappa shape index (κ1) is 17.3. The summed E-state index contributed by atoms with van der Waals surface area (Å²) in [6.45, 7) is 0. The highest BCUT2D eigenvalue weighted by Gasteiger charge is 2.18. The molecular weight excluding hydrogens is 369 g/mol. The summed E-state index contributed by atoms with van der Waals surface area (Å²) in [5.74, 6) is 1.39. The topological polar surface area (TPSA) is 64.1 Å². The number of hydrogen-bond acceptors (Lipinski definition) is 6. The first-order chi connectivity index (χ1) is 11.6. The van der Waals surface area contributed by atoms with E-state index in [0.29, 0.717) is 16.4 Å². The summed E-state index contributed by atoms with van der Waals surface area (Å²) in [4.78, 5) is 21.0. The monoisotopic (exact) mass is 383 g/mol. The van der Waals surface area contributed by atoms with Gasteiger partial charge in [0.1, 0.15) is 5.82 Å². The van der Waals surface area contributed by atoms with Crippen LogP contribution in [0.3, 0.4) is 0 Å². The number of carbonyl (C=O) groups is 1. The molecule has 0 radical (unpaired) electrons. The van der Waals surface area contributed by atoms with Crippen molar-refractivity contribution in [2.45, 2.75) is 24.2 Å². The lowest BCUT2D eigenvalue weighted by atomic mass is 10.1. The lowest BCUT2D eigenvalue weighted by Gasteiger charge is -2.18. The van der Waals surface area contributed by atoms with Gasteiger partial charge in [-0.1, -0.05) is 17.7 Å². The largest absolute Gasteiger partial charge is 0.469 e. The van der Waals surface area contributed by atoms with E-state index in [2.05, 4.69) is 20.0 Å². The Morgan fingerprint density at radius 3 is 2.96 bits per heavy atom. The standard InChI is InChI=1S/C16H15Cl2N3O2S/c1-23-13(22)7-9-4-5-10(8-11(9)17)19-15-14-12(3-2-6-24-14)20-16(18)21-15/h4-5,8H,2-3,6-7H2,1H3,(H,19,20,21). The molecule has 1 aromatic heterocycles. The third-order valence-electron chi connectivity index (χ3n) is 3.59. The molecule has 0 saturated heterocycles. The minimum Gasteiger partial charge on any atom is -0.469 e. The number of anilines is 2. The van der Waals surface area contributed by atoms with Crippen LogP contribution in [0.1, 0.15) is 17.7 Å². The number of halogens is 2. The molecule has 3 rings (SSSR count). The predicted molar refractivity (Wildman–Crippen MR) is 96.5 cm³/mol. The van der Waals surface area contributed by atoms with E-state index < -0.39 is 0 Å². The van der Waals surface area contributed by atoms with Gasteiger partial charge in [0.15, 0.2) is 0 Å². The molecule has 1 aromatic carbocycles. The Hall–Kier alpha value is -1.50. The maximum atomic E-state index is 11.4. The van der Waals surface area contributed by atoms with Gasteiger partial charge in [0.25, 0.3) is 0 Å². The number of thioether (sulfide) groups is 1. The van der Waals surface area contributed by atoms with Crippen LogP contribution in [0.5, 0.6) is 0 Å². The van der Waals surface area contributed by atoms with E-state index in [1.165, 1.54) is 7.11 Å². The van der Waals surface area contributed by atoms with Gasteiger partial charge in [0.05, 0.1) is 24.1 Å². The Balaban J connectivity index is 1.85. The second-order valence-electron chi connectivity index (χ2n) is 5.25. The quantitative estimate of drug-likeness (QED) is 0.627. The number of aryl methyl sites for hydroxylation is 1. The summed E-state index contributed by atoms with van der Waals surface area (Å²) in [5, 5.41) is 3.97. The summed E-state index contributed by atoms with van der Waals surface area (Å²) < 4.78 is 4.66. The summed E-state index contributed by atoms with van der Waals surface area (Å²) in [6, 6.07) is 5.40. The average molecular weight is 384 g/mol. The Morgan fingerprint density at radius 2 is 2.21 bits per heavy atom. The summed E-state index contributed by atoms with van der Waals surface area (Å²) in [7, 11) is 1.35. The van der Waals surface area contributed by atoms with Gasteiger partial charge < -0.3 is 10.1 Å². The van der Waals surface area contributed by atoms with Crippen molar-refractivity contribution < 1.29 is 9.53 Å². The van der Waals surface area contributed by atoms with Crippen molar-refractivity contribution in [1.29, 1.82) is 0 Å². The minimum absolute atomic E-state index is 0.139. The molecule has 0 saturated carbocycles. The van der Waals surface area contributed by atoms with E-state index in [1.807, 2.05) is 6.07 Å². The van der Waals surface area contributed by atoms with Crippen LogP contribution in [0.4, 0.5) is 11.5 Å². The predicted octanol–water partition coefficient (Wildman–Crippen LogP) is 4.28. The van der Waals surface area contributed by atoms with E-state index in [0.717, 1.165) is 34.9 Å². The number of aromatic nitrogens is 2. The zero-order valence-electron chi connectivity index (χ0n) is 12.9. The first-order valence-corrected chi connectivity index (χ1v) is 9.12. The maximum absolute atomic E-state index is 11.4. The van der Waals surface area contributed by atoms with Crippen molar-refractivity contribution in [2.24, 2.45) is 0 Å². The molecule has 0 atom stereocenters. The Bertz CT molecular complexity index is 786. The van der Waals surface area contributed by atoms with E-state index in [-0.39, 0.29) is 17.7 Å². The molecule has 0 fully saturated rings. The van der Waals surface area contributed by atoms with Gasteiger partial charge in [-0.05, 0) is 47.9 Å². The highest BCUT2D eigenvalue weighted by molar-refractivity contribution is 7.99. The van der Waals surface area contributed by atoms with Crippen molar-refractivity contribution in [1.82, 2.24) is 9.97 Å². The van der Waals surface area contributed by atoms with Gasteiger partial charge in [-0.15, -0.1) is 11.8 Å². The zero-order valence-corrected chi connectivity index (χ0v) is 15.3. The van der Waals surface area contributed by atoms with Gasteiger partial charge in [-0.2, -0.15) is 4.98 Å². The molecule has 2 aromatic rings. The number of carbonyl (C=O) groups excluding carboxylic acids is 1. The molecule has 126 valence electrons. The average Bonchev–Trinajstić information content (AvgIpc) is 2.57. The number of ether oxygens (including phenoxy) is 1. The molecule has 0 aliphatic carbocycles. The van der Waals surface area contributed by atoms with E-state index in [4.69, 9.17) is 23.2 Å². The van der Waals surface area contributed by atoms with Crippen LogP contribution in [0.15, 0.2) is 23.1 Å². The van der Waals surface area contributed by atoms with E-state index in [9.17, 15) is 4.79 Å². The number of fused-ring (bicyclic) bond motifs is 1. The molecule has 1 aliphatic heterocycles. The van der Waals surface area contributed by atoms with Crippen LogP contribution in [0.25, 0.3) is 0 Å². The number of hydrogen-bond donors (Lipinski definition) is 1. The molecule has 8 heteroatoms. The van der Waals surface area contributed by atoms with Crippen molar-refractivity contribution >= 4 is 52.4 Å². The van der Waals surface area contributed by atoms with Crippen molar-refractivity contribution in [3.63, 3.8) is 0 Å². The highest BCUT2D eigenvalue weighted by Crippen LogP contribution is 2.36. The third kappa shape index (κ3) is 3.94. The Labute approximate surface area is 154 Å². The first-order valence-electron chi connectivity index (χ1n) is 7.38. The molecule has 1 N–H and O–H groups in total. The molecule has 0 amide bonds. The summed E-state index contributed by atoms with van der Waals surface area (Å²) in [5.41, 5.74) is 2.46. The van der Waals surface area contributed by atoms with Crippen LogP contribution in [0.2, 0.25) is 10.3 Å². The third-order valence-corrected chi connectivity index (χ3v) is 5.32. The van der Waals surface area contributed by atoms with Gasteiger partial charge in [-0.3, -0.25) is 4.79 Å². The SMILES string of the molecule is COC(=O)Cc1ccc(Nc2nc(Cl)nc3c2SCCC3)cc1Cl. The van der Waals surface area contributed by atoms with Crippen molar-refractivity contribution in [3.8, 4) is 0 Å². The number of rotatable bonds is 4. The number of methoxy groups -OCH3 is 1. The lowest BCUT2D eigenvalue weighted by Crippen LogP contribution is -2.08. The number of benzene rings is 1. The van der Waals surface area contributed by atoms with E-state index in [1.54, 1.807) is 23.9 Å². The fraction of sp³-hybridized carbons (Fsp3) is 0.312. The fourth-order valence-corrected chi connectivity index (χ4v) is 3.89. The Kier molecular flexibility index (Phi) is 5.48. The number of esters is 1. The summed E-state index contributed by atoms with van der Waals surface area (Å²) >= 11 is 14.0. The zero-order chi connectivity index (χ0) is 17.1. The molecule has 1 aliphatic rings. The van der Waals surface area contributed by atoms with Crippen molar-refractivity contribution in [3.05, 3.63) is 39.8 Å². The van der Waals surface area contributed by atoms with Gasteiger partial charge in [-0.25, -0.2) is 4.98 Å². The fourth-order valence-electron chi connectivity index (χ4n) is 2.42. The number of nitrogens with zero attached hydrogens (tertiary/aromatic N) is 2. The van der Waals surface area contributed by atoms with Crippen LogP contribution in [-0.4, -0.2) is 28.8 Å². The highest BCUT2D eigenvalue weighted by atomic mass is 35.5. The molecule has 5 nitrogen and oxygen atoms in total. The summed E-state index contributed by atoms with van der Waals surface area (Å²) in [6.07, 6.45) is 2.12. The normalized spacial score (nSPS) is 13.3. The second kappa shape index (κ2) is 7.59. The second-order valence-corrected chi connectivity index (χ2v) is 7.10. The lowest BCUT2D eigenvalue weighted by molar-refractivity contribution is -0.139. The number of nitrogens with one attached hydrogen (secondary N) is 1. The van der Waals surface area contributed by atoms with Gasteiger partial charge in [0.2, 0.25) is 5.28 Å².